The normalized spacial score (nSPS) is 17.5. The van der Waals surface area contributed by atoms with Crippen LogP contribution in [0.1, 0.15) is 19.8 Å². The molecule has 1 amide bonds. The van der Waals surface area contributed by atoms with E-state index in [0.717, 1.165) is 35.9 Å². The van der Waals surface area contributed by atoms with Gasteiger partial charge in [0.05, 0.1) is 10.5 Å². The number of pyridine rings is 1. The number of nitrogens with two attached hydrogens (primary N) is 1. The van der Waals surface area contributed by atoms with Crippen LogP contribution in [0.4, 0.5) is 4.39 Å². The van der Waals surface area contributed by atoms with E-state index in [4.69, 9.17) is 21.5 Å². The molecule has 0 radical (unpaired) electrons. The Labute approximate surface area is 189 Å². The second-order valence-corrected chi connectivity index (χ2v) is 8.95. The van der Waals surface area contributed by atoms with Crippen LogP contribution >= 0.6 is 23.5 Å². The molecule has 3 aromatic rings. The van der Waals surface area contributed by atoms with E-state index >= 15 is 0 Å². The maximum Gasteiger partial charge on any atom is 0.263 e. The van der Waals surface area contributed by atoms with Gasteiger partial charge < -0.3 is 9.64 Å². The number of carbonyl (C=O) groups is 1. The minimum atomic E-state index is -0.617. The lowest BCUT2D eigenvalue weighted by Gasteiger charge is -2.33. The summed E-state index contributed by atoms with van der Waals surface area (Å²) in [6.45, 7) is 3.13. The van der Waals surface area contributed by atoms with Crippen molar-refractivity contribution < 1.29 is 13.9 Å². The molecule has 0 bridgehead atoms. The number of carbonyl (C=O) groups excluding carboxylic acids is 1. The molecule has 1 fully saturated rings. The van der Waals surface area contributed by atoms with E-state index in [9.17, 15) is 9.18 Å². The van der Waals surface area contributed by atoms with Crippen LogP contribution in [0.3, 0.4) is 0 Å². The number of nitrogens with zero attached hydrogens (tertiary/aromatic N) is 2. The molecular formula is C23H23ClFN3O2S. The first kappa shape index (κ1) is 21.9. The molecule has 2 unspecified atom stereocenters. The molecule has 8 heteroatoms. The minimum Gasteiger partial charge on any atom is -0.481 e. The summed E-state index contributed by atoms with van der Waals surface area (Å²) in [5.41, 5.74) is 2.28. The number of ether oxygens (including phenoxy) is 1. The molecule has 2 N–H and O–H groups in total. The molecule has 2 heterocycles. The Morgan fingerprint density at radius 2 is 2.13 bits per heavy atom. The lowest BCUT2D eigenvalue weighted by Crippen LogP contribution is -2.46. The Morgan fingerprint density at radius 3 is 2.90 bits per heavy atom. The van der Waals surface area contributed by atoms with Gasteiger partial charge in [0, 0.05) is 41.6 Å². The van der Waals surface area contributed by atoms with Crippen LogP contribution in [-0.2, 0) is 4.79 Å². The quantitative estimate of drug-likeness (QED) is 0.540. The molecule has 1 aliphatic heterocycles. The second kappa shape index (κ2) is 9.42. The molecule has 31 heavy (non-hydrogen) atoms. The van der Waals surface area contributed by atoms with Gasteiger partial charge >= 0.3 is 0 Å². The van der Waals surface area contributed by atoms with Crippen LogP contribution < -0.4 is 9.88 Å². The van der Waals surface area contributed by atoms with Crippen LogP contribution in [0.25, 0.3) is 22.0 Å². The number of likely N-dealkylation sites (tertiary alicyclic amines) is 1. The van der Waals surface area contributed by atoms with Crippen molar-refractivity contribution in [2.75, 3.05) is 13.1 Å². The molecule has 0 saturated carbocycles. The summed E-state index contributed by atoms with van der Waals surface area (Å²) >= 11 is 7.57. The largest absolute Gasteiger partial charge is 0.481 e. The fourth-order valence-corrected chi connectivity index (χ4v) is 4.74. The number of hydrogen-bond acceptors (Lipinski definition) is 5. The summed E-state index contributed by atoms with van der Waals surface area (Å²) in [5.74, 6) is 0.134. The van der Waals surface area contributed by atoms with Crippen molar-refractivity contribution in [3.63, 3.8) is 0 Å². The number of rotatable bonds is 5. The van der Waals surface area contributed by atoms with Crippen molar-refractivity contribution in [3.05, 3.63) is 59.5 Å². The van der Waals surface area contributed by atoms with E-state index in [0.29, 0.717) is 22.8 Å². The van der Waals surface area contributed by atoms with Crippen LogP contribution in [0.15, 0.2) is 48.7 Å². The first-order chi connectivity index (χ1) is 15.0. The van der Waals surface area contributed by atoms with Crippen molar-refractivity contribution in [1.29, 1.82) is 0 Å². The van der Waals surface area contributed by atoms with E-state index < -0.39 is 6.10 Å². The molecule has 1 saturated heterocycles. The number of piperidine rings is 1. The topological polar surface area (TPSA) is 68.5 Å². The highest BCUT2D eigenvalue weighted by Gasteiger charge is 2.27. The summed E-state index contributed by atoms with van der Waals surface area (Å²) in [6.07, 6.45) is 3.03. The van der Waals surface area contributed by atoms with Crippen LogP contribution in [-0.4, -0.2) is 40.2 Å². The number of aromatic nitrogens is 1. The highest BCUT2D eigenvalue weighted by molar-refractivity contribution is 7.97. The summed E-state index contributed by atoms with van der Waals surface area (Å²) in [5, 5.41) is 7.17. The predicted molar refractivity (Wildman–Crippen MR) is 124 cm³/mol. The Hall–Kier alpha value is -2.35. The third-order valence-electron chi connectivity index (χ3n) is 5.48. The summed E-state index contributed by atoms with van der Waals surface area (Å²) in [6, 6.07) is 11.7. The van der Waals surface area contributed by atoms with Crippen molar-refractivity contribution in [1.82, 2.24) is 9.88 Å². The molecule has 2 aromatic carbocycles. The van der Waals surface area contributed by atoms with Gasteiger partial charge in [-0.05, 0) is 61.7 Å². The Morgan fingerprint density at radius 1 is 1.29 bits per heavy atom. The van der Waals surface area contributed by atoms with Crippen LogP contribution in [0, 0.1) is 5.82 Å². The summed E-state index contributed by atoms with van der Waals surface area (Å²) in [7, 11) is 0. The summed E-state index contributed by atoms with van der Waals surface area (Å²) < 4.78 is 19.4. The minimum absolute atomic E-state index is 0.0429. The Bertz CT molecular complexity index is 1110. The van der Waals surface area contributed by atoms with Crippen molar-refractivity contribution >= 4 is 40.4 Å². The van der Waals surface area contributed by atoms with Crippen molar-refractivity contribution in [2.24, 2.45) is 5.14 Å². The predicted octanol–water partition coefficient (Wildman–Crippen LogP) is 5.06. The second-order valence-electron chi connectivity index (χ2n) is 7.61. The van der Waals surface area contributed by atoms with Gasteiger partial charge in [-0.25, -0.2) is 4.39 Å². The summed E-state index contributed by atoms with van der Waals surface area (Å²) in [4.78, 5) is 19.1. The number of benzene rings is 2. The van der Waals surface area contributed by atoms with Gasteiger partial charge in [0.1, 0.15) is 11.6 Å². The maximum atomic E-state index is 13.4. The van der Waals surface area contributed by atoms with Gasteiger partial charge in [0.2, 0.25) is 0 Å². The zero-order valence-electron chi connectivity index (χ0n) is 17.1. The Kier molecular flexibility index (Phi) is 6.65. The first-order valence-electron chi connectivity index (χ1n) is 10.1. The fraction of sp³-hybridized carbons (Fsp3) is 0.304. The molecule has 1 aromatic heterocycles. The number of hydrogen-bond donors (Lipinski definition) is 1. The number of amides is 1. The van der Waals surface area contributed by atoms with Gasteiger partial charge in [-0.2, -0.15) is 0 Å². The van der Waals surface area contributed by atoms with E-state index in [1.54, 1.807) is 25.3 Å². The van der Waals surface area contributed by atoms with E-state index in [2.05, 4.69) is 4.98 Å². The molecule has 5 nitrogen and oxygen atoms in total. The third-order valence-corrected chi connectivity index (χ3v) is 6.56. The highest BCUT2D eigenvalue weighted by atomic mass is 35.5. The molecule has 162 valence electrons. The SMILES string of the molecule is CC(Oc1ccc2c(-c3ccc(F)cc3Cl)ccnc2c1)C(=O)N1CCCC(SN)C1. The number of halogens is 2. The van der Waals surface area contributed by atoms with Gasteiger partial charge in [-0.1, -0.05) is 23.5 Å². The zero-order chi connectivity index (χ0) is 22.0. The molecule has 4 rings (SSSR count). The standard InChI is InChI=1S/C23H23ClFN3O2S/c1-14(23(29)28-10-2-3-17(13-28)31-26)30-16-5-7-20-18(8-9-27-22(20)12-16)19-6-4-15(25)11-21(19)24/h4-9,11-12,14,17H,2-3,10,13,26H2,1H3. The van der Waals surface area contributed by atoms with E-state index in [-0.39, 0.29) is 17.0 Å². The van der Waals surface area contributed by atoms with Crippen LogP contribution in [0.5, 0.6) is 5.75 Å². The molecule has 0 spiro atoms. The van der Waals surface area contributed by atoms with Crippen molar-refractivity contribution in [2.45, 2.75) is 31.1 Å². The maximum absolute atomic E-state index is 13.4. The van der Waals surface area contributed by atoms with E-state index in [1.165, 1.54) is 24.1 Å². The fourth-order valence-electron chi connectivity index (χ4n) is 3.91. The van der Waals surface area contributed by atoms with Crippen molar-refractivity contribution in [3.8, 4) is 16.9 Å². The smallest absolute Gasteiger partial charge is 0.263 e. The van der Waals surface area contributed by atoms with Gasteiger partial charge in [0.15, 0.2) is 6.10 Å². The average molecular weight is 460 g/mol. The lowest BCUT2D eigenvalue weighted by molar-refractivity contribution is -0.138. The lowest BCUT2D eigenvalue weighted by atomic mass is 10.0. The van der Waals surface area contributed by atoms with Gasteiger partial charge in [-0.15, -0.1) is 0 Å². The molecule has 2 atom stereocenters. The zero-order valence-corrected chi connectivity index (χ0v) is 18.6. The number of fused-ring (bicyclic) bond motifs is 1. The third kappa shape index (κ3) is 4.79. The van der Waals surface area contributed by atoms with Gasteiger partial charge in [-0.3, -0.25) is 14.9 Å². The van der Waals surface area contributed by atoms with E-state index in [1.807, 2.05) is 23.1 Å². The van der Waals surface area contributed by atoms with Gasteiger partial charge in [0.25, 0.3) is 5.91 Å². The molecular weight excluding hydrogens is 437 g/mol. The monoisotopic (exact) mass is 459 g/mol. The van der Waals surface area contributed by atoms with Crippen LogP contribution in [0.2, 0.25) is 5.02 Å². The highest BCUT2D eigenvalue weighted by Crippen LogP contribution is 2.34. The molecule has 1 aliphatic rings. The molecule has 0 aliphatic carbocycles. The first-order valence-corrected chi connectivity index (χ1v) is 11.4. The Balaban J connectivity index is 1.55. The average Bonchev–Trinajstić information content (AvgIpc) is 2.78.